The van der Waals surface area contributed by atoms with Crippen LogP contribution in [0.5, 0.6) is 0 Å². The molecular weight excluding hydrogens is 388 g/mol. The van der Waals surface area contributed by atoms with Gasteiger partial charge in [-0.25, -0.2) is 4.79 Å². The number of nitrogens with zero attached hydrogens (tertiary/aromatic N) is 4. The fourth-order valence-corrected chi connectivity index (χ4v) is 5.33. The fourth-order valence-electron chi connectivity index (χ4n) is 5.33. The van der Waals surface area contributed by atoms with Crippen molar-refractivity contribution in [1.29, 1.82) is 5.26 Å². The number of carbonyl (C=O) groups excluding carboxylic acids is 1. The number of aromatic nitrogens is 2. The summed E-state index contributed by atoms with van der Waals surface area (Å²) in [5.41, 5.74) is 2.27. The van der Waals surface area contributed by atoms with Crippen LogP contribution < -0.4 is 0 Å². The van der Waals surface area contributed by atoms with Crippen molar-refractivity contribution in [3.8, 4) is 6.07 Å². The number of rotatable bonds is 3. The van der Waals surface area contributed by atoms with E-state index in [2.05, 4.69) is 28.0 Å². The summed E-state index contributed by atoms with van der Waals surface area (Å²) in [4.78, 5) is 14.9. The number of fused-ring (bicyclic) bond motifs is 1. The van der Waals surface area contributed by atoms with Crippen LogP contribution in [0, 0.1) is 11.3 Å². The third kappa shape index (κ3) is 3.34. The Morgan fingerprint density at radius 3 is 2.48 bits per heavy atom. The van der Waals surface area contributed by atoms with Gasteiger partial charge < -0.3 is 4.74 Å². The van der Waals surface area contributed by atoms with E-state index in [0.717, 1.165) is 42.1 Å². The molecule has 0 bridgehead atoms. The van der Waals surface area contributed by atoms with E-state index in [9.17, 15) is 4.79 Å². The van der Waals surface area contributed by atoms with E-state index in [0.29, 0.717) is 11.6 Å². The zero-order valence-electron chi connectivity index (χ0n) is 17.9. The summed E-state index contributed by atoms with van der Waals surface area (Å²) in [6, 6.07) is 18.5. The molecule has 1 saturated carbocycles. The van der Waals surface area contributed by atoms with Gasteiger partial charge in [-0.05, 0) is 63.3 Å². The maximum Gasteiger partial charge on any atom is 0.411 e. The van der Waals surface area contributed by atoms with E-state index < -0.39 is 5.60 Å². The van der Waals surface area contributed by atoms with Crippen LogP contribution in [-0.4, -0.2) is 32.4 Å². The van der Waals surface area contributed by atoms with Crippen LogP contribution in [-0.2, 0) is 4.74 Å². The number of benzene rings is 2. The summed E-state index contributed by atoms with van der Waals surface area (Å²) in [6.07, 6.45) is 5.36. The monoisotopic (exact) mass is 414 g/mol. The third-order valence-electron chi connectivity index (χ3n) is 6.74. The van der Waals surface area contributed by atoms with Crippen molar-refractivity contribution in [2.45, 2.75) is 63.3 Å². The number of ether oxygens (including phenoxy) is 1. The lowest BCUT2D eigenvalue weighted by atomic mass is 9.86. The molecule has 0 N–H and O–H groups in total. The Morgan fingerprint density at radius 2 is 1.77 bits per heavy atom. The molecule has 6 heteroatoms. The smallest absolute Gasteiger partial charge is 0.411 e. The normalized spacial score (nSPS) is 25.4. The molecule has 3 aromatic rings. The predicted molar refractivity (Wildman–Crippen MR) is 117 cm³/mol. The zero-order chi connectivity index (χ0) is 21.6. The predicted octanol–water partition coefficient (Wildman–Crippen LogP) is 5.36. The van der Waals surface area contributed by atoms with Gasteiger partial charge in [-0.3, -0.25) is 9.58 Å². The maximum absolute atomic E-state index is 12.9. The number of amides is 1. The van der Waals surface area contributed by atoms with Gasteiger partial charge in [0.05, 0.1) is 35.4 Å². The summed E-state index contributed by atoms with van der Waals surface area (Å²) in [5, 5.41) is 14.7. The van der Waals surface area contributed by atoms with Crippen molar-refractivity contribution in [1.82, 2.24) is 14.7 Å². The van der Waals surface area contributed by atoms with Crippen molar-refractivity contribution in [3.63, 3.8) is 0 Å². The number of hydrogen-bond donors (Lipinski definition) is 0. The molecule has 2 aromatic carbocycles. The molecule has 0 radical (unpaired) electrons. The minimum absolute atomic E-state index is 0.0855. The van der Waals surface area contributed by atoms with Gasteiger partial charge in [-0.15, -0.1) is 0 Å². The summed E-state index contributed by atoms with van der Waals surface area (Å²) in [6.45, 7) is 4.00. The second kappa shape index (κ2) is 7.42. The van der Waals surface area contributed by atoms with E-state index in [-0.39, 0.29) is 18.2 Å². The van der Waals surface area contributed by atoms with Crippen LogP contribution in [0.4, 0.5) is 4.79 Å². The SMILES string of the molecule is CC1(C)OC(=O)N([C@H]2CC[C@H](n3ncc4cc(C#N)ccc43)CC2)[C@@H]1c1ccccc1. The quantitative estimate of drug-likeness (QED) is 0.578. The highest BCUT2D eigenvalue weighted by Crippen LogP contribution is 2.45. The Hall–Kier alpha value is -3.33. The molecule has 31 heavy (non-hydrogen) atoms. The minimum Gasteiger partial charge on any atom is -0.441 e. The van der Waals surface area contributed by atoms with Gasteiger partial charge in [0.2, 0.25) is 0 Å². The summed E-state index contributed by atoms with van der Waals surface area (Å²) in [7, 11) is 0. The molecule has 5 rings (SSSR count). The fraction of sp³-hybridized carbons (Fsp3) is 0.400. The van der Waals surface area contributed by atoms with E-state index in [1.807, 2.05) is 61.3 Å². The second-order valence-electron chi connectivity index (χ2n) is 9.13. The molecule has 0 unspecified atom stereocenters. The summed E-state index contributed by atoms with van der Waals surface area (Å²) in [5.74, 6) is 0. The molecule has 1 aliphatic carbocycles. The van der Waals surface area contributed by atoms with Gasteiger partial charge in [-0.1, -0.05) is 30.3 Å². The first-order valence-electron chi connectivity index (χ1n) is 10.9. The van der Waals surface area contributed by atoms with Gasteiger partial charge >= 0.3 is 6.09 Å². The van der Waals surface area contributed by atoms with Crippen molar-refractivity contribution in [2.24, 2.45) is 0 Å². The van der Waals surface area contributed by atoms with Gasteiger partial charge in [0.1, 0.15) is 5.60 Å². The van der Waals surface area contributed by atoms with Gasteiger partial charge in [0, 0.05) is 11.4 Å². The Balaban J connectivity index is 1.36. The number of hydrogen-bond acceptors (Lipinski definition) is 4. The van der Waals surface area contributed by atoms with Crippen molar-refractivity contribution in [2.75, 3.05) is 0 Å². The van der Waals surface area contributed by atoms with E-state index in [1.165, 1.54) is 0 Å². The topological polar surface area (TPSA) is 71.2 Å². The largest absolute Gasteiger partial charge is 0.441 e. The first kappa shape index (κ1) is 19.6. The highest BCUT2D eigenvalue weighted by atomic mass is 16.6. The van der Waals surface area contributed by atoms with Crippen LogP contribution in [0.25, 0.3) is 10.9 Å². The average molecular weight is 415 g/mol. The van der Waals surface area contributed by atoms with Gasteiger partial charge in [-0.2, -0.15) is 10.4 Å². The lowest BCUT2D eigenvalue weighted by molar-refractivity contribution is 0.0661. The Bertz CT molecular complexity index is 1150. The Kier molecular flexibility index (Phi) is 4.70. The molecule has 2 heterocycles. The molecule has 1 aromatic heterocycles. The van der Waals surface area contributed by atoms with E-state index in [1.54, 1.807) is 0 Å². The summed E-state index contributed by atoms with van der Waals surface area (Å²) < 4.78 is 7.89. The van der Waals surface area contributed by atoms with E-state index in [4.69, 9.17) is 10.00 Å². The zero-order valence-corrected chi connectivity index (χ0v) is 17.9. The molecule has 2 fully saturated rings. The van der Waals surface area contributed by atoms with Gasteiger partial charge in [0.15, 0.2) is 0 Å². The van der Waals surface area contributed by atoms with Crippen LogP contribution in [0.1, 0.15) is 62.7 Å². The first-order valence-corrected chi connectivity index (χ1v) is 10.9. The Morgan fingerprint density at radius 1 is 1.06 bits per heavy atom. The Labute approximate surface area is 182 Å². The molecule has 1 amide bonds. The van der Waals surface area contributed by atoms with Crippen LogP contribution in [0.2, 0.25) is 0 Å². The highest BCUT2D eigenvalue weighted by molar-refractivity contribution is 5.80. The lowest BCUT2D eigenvalue weighted by Gasteiger charge is -2.38. The first-order chi connectivity index (χ1) is 15.0. The van der Waals surface area contributed by atoms with Crippen molar-refractivity contribution >= 4 is 17.0 Å². The average Bonchev–Trinajstić information content (AvgIpc) is 3.30. The lowest BCUT2D eigenvalue weighted by Crippen LogP contribution is -2.42. The van der Waals surface area contributed by atoms with Crippen LogP contribution in [0.15, 0.2) is 54.7 Å². The molecule has 1 atom stereocenters. The number of nitriles is 1. The van der Waals surface area contributed by atoms with Crippen molar-refractivity contribution in [3.05, 3.63) is 65.9 Å². The number of cyclic esters (lactones) is 1. The molecule has 0 spiro atoms. The minimum atomic E-state index is -0.564. The highest BCUT2D eigenvalue weighted by Gasteiger charge is 2.51. The molecule has 1 saturated heterocycles. The molecule has 2 aliphatic rings. The second-order valence-corrected chi connectivity index (χ2v) is 9.13. The molecular formula is C25H26N4O2. The van der Waals surface area contributed by atoms with Crippen molar-refractivity contribution < 1.29 is 9.53 Å². The molecule has 6 nitrogen and oxygen atoms in total. The molecule has 158 valence electrons. The van der Waals surface area contributed by atoms with Gasteiger partial charge in [0.25, 0.3) is 0 Å². The van der Waals surface area contributed by atoms with Crippen LogP contribution >= 0.6 is 0 Å². The standard InChI is InChI=1S/C25H26N4O2/c1-25(2)23(18-6-4-3-5-7-18)28(24(30)31-25)20-9-11-21(12-10-20)29-22-13-8-17(15-26)14-19(22)16-27-29/h3-8,13-14,16,20-21,23H,9-12H2,1-2H3/t20-,21-,23-/m1/s1. The van der Waals surface area contributed by atoms with E-state index >= 15 is 0 Å². The van der Waals surface area contributed by atoms with Crippen LogP contribution in [0.3, 0.4) is 0 Å². The molecule has 1 aliphatic heterocycles. The number of carbonyl (C=O) groups is 1. The maximum atomic E-state index is 12.9. The third-order valence-corrected chi connectivity index (χ3v) is 6.74. The summed E-state index contributed by atoms with van der Waals surface area (Å²) >= 11 is 0.